The first kappa shape index (κ1) is 11.2. The molecule has 4 heteroatoms. The van der Waals surface area contributed by atoms with Gasteiger partial charge in [-0.1, -0.05) is 12.2 Å². The van der Waals surface area contributed by atoms with Crippen molar-refractivity contribution in [1.82, 2.24) is 4.90 Å². The van der Waals surface area contributed by atoms with E-state index in [-0.39, 0.29) is 11.5 Å². The molecule has 1 N–H and O–H groups in total. The molecule has 3 aliphatic heterocycles. The molecule has 1 saturated heterocycles. The zero-order chi connectivity index (χ0) is 13.3. The van der Waals surface area contributed by atoms with Gasteiger partial charge in [-0.3, -0.25) is 4.90 Å². The topological polar surface area (TPSA) is 41.9 Å². The standard InChI is InChI=1S/C16H17NO3/c18-15-8-17-7-10-5-12-13(20-9-19-12)6-11(10)16(15)4-2-1-3-14(16)17/h2,4-6,14-15,18H,1,3,7-9H2/t14-,15-,16-/m0/s1. The molecule has 104 valence electrons. The van der Waals surface area contributed by atoms with E-state index < -0.39 is 0 Å². The number of aliphatic hydroxyl groups is 1. The largest absolute Gasteiger partial charge is 0.454 e. The van der Waals surface area contributed by atoms with Gasteiger partial charge in [-0.2, -0.15) is 0 Å². The second-order valence-electron chi connectivity index (χ2n) is 6.24. The van der Waals surface area contributed by atoms with Crippen LogP contribution in [-0.4, -0.2) is 35.5 Å². The first-order chi connectivity index (χ1) is 9.79. The molecule has 1 aliphatic carbocycles. The molecule has 4 atom stereocenters. The number of aliphatic hydroxyl groups excluding tert-OH is 1. The van der Waals surface area contributed by atoms with E-state index in [1.165, 1.54) is 11.1 Å². The third kappa shape index (κ3) is 1.15. The highest BCUT2D eigenvalue weighted by atomic mass is 16.7. The van der Waals surface area contributed by atoms with Crippen LogP contribution < -0.4 is 9.47 Å². The van der Waals surface area contributed by atoms with Crippen molar-refractivity contribution in [1.29, 1.82) is 0 Å². The van der Waals surface area contributed by atoms with Crippen molar-refractivity contribution in [2.24, 2.45) is 0 Å². The highest BCUT2D eigenvalue weighted by Gasteiger charge is 2.57. The summed E-state index contributed by atoms with van der Waals surface area (Å²) in [5.74, 6) is 1.66. The van der Waals surface area contributed by atoms with Gasteiger partial charge in [0.05, 0.1) is 11.5 Å². The van der Waals surface area contributed by atoms with Crippen LogP contribution in [-0.2, 0) is 12.0 Å². The van der Waals surface area contributed by atoms with Crippen LogP contribution in [0.3, 0.4) is 0 Å². The quantitative estimate of drug-likeness (QED) is 0.727. The first-order valence-electron chi connectivity index (χ1n) is 7.32. The molecule has 2 bridgehead atoms. The normalized spacial score (nSPS) is 39.5. The second kappa shape index (κ2) is 3.57. The van der Waals surface area contributed by atoms with Gasteiger partial charge >= 0.3 is 0 Å². The molecule has 20 heavy (non-hydrogen) atoms. The zero-order valence-corrected chi connectivity index (χ0v) is 11.2. The SMILES string of the molecule is O[C@H]1CN2Cc3cc4c(cc3[C@]13C=CCC[C@H]23)OCO4. The van der Waals surface area contributed by atoms with Crippen LogP contribution in [0.4, 0.5) is 0 Å². The fourth-order valence-electron chi connectivity index (χ4n) is 4.56. The Morgan fingerprint density at radius 2 is 2.10 bits per heavy atom. The molecular weight excluding hydrogens is 254 g/mol. The molecule has 0 amide bonds. The van der Waals surface area contributed by atoms with Crippen molar-refractivity contribution in [2.75, 3.05) is 13.3 Å². The molecule has 1 aromatic carbocycles. The lowest BCUT2D eigenvalue weighted by atomic mass is 9.66. The predicted octanol–water partition coefficient (Wildman–Crippen LogP) is 1.56. The minimum Gasteiger partial charge on any atom is -0.454 e. The van der Waals surface area contributed by atoms with E-state index >= 15 is 0 Å². The Bertz CT molecular complexity index is 626. The minimum absolute atomic E-state index is 0.243. The molecule has 0 aromatic heterocycles. The number of allylic oxidation sites excluding steroid dienone is 1. The number of benzene rings is 1. The van der Waals surface area contributed by atoms with E-state index in [2.05, 4.69) is 29.2 Å². The van der Waals surface area contributed by atoms with Crippen molar-refractivity contribution in [3.63, 3.8) is 0 Å². The lowest BCUT2D eigenvalue weighted by Gasteiger charge is -2.45. The summed E-state index contributed by atoms with van der Waals surface area (Å²) in [5.41, 5.74) is 2.27. The average Bonchev–Trinajstić information content (AvgIpc) is 2.99. The molecule has 4 aliphatic rings. The summed E-state index contributed by atoms with van der Waals surface area (Å²) in [4.78, 5) is 2.43. The van der Waals surface area contributed by atoms with Crippen LogP contribution in [0, 0.1) is 0 Å². The summed E-state index contributed by atoms with van der Waals surface area (Å²) in [7, 11) is 0. The van der Waals surface area contributed by atoms with E-state index in [9.17, 15) is 5.11 Å². The van der Waals surface area contributed by atoms with Gasteiger partial charge in [-0.05, 0) is 36.1 Å². The molecule has 1 unspecified atom stereocenters. The number of hydrogen-bond acceptors (Lipinski definition) is 4. The Labute approximate surface area is 117 Å². The molecule has 1 aromatic rings. The van der Waals surface area contributed by atoms with Crippen LogP contribution >= 0.6 is 0 Å². The fourth-order valence-corrected chi connectivity index (χ4v) is 4.56. The first-order valence-corrected chi connectivity index (χ1v) is 7.32. The van der Waals surface area contributed by atoms with Crippen molar-refractivity contribution in [2.45, 2.75) is 36.9 Å². The van der Waals surface area contributed by atoms with E-state index in [0.717, 1.165) is 37.4 Å². The minimum atomic E-state index is -0.328. The smallest absolute Gasteiger partial charge is 0.231 e. The molecule has 5 rings (SSSR count). The van der Waals surface area contributed by atoms with Crippen molar-refractivity contribution < 1.29 is 14.6 Å². The maximum Gasteiger partial charge on any atom is 0.231 e. The van der Waals surface area contributed by atoms with Gasteiger partial charge in [0.15, 0.2) is 11.5 Å². The Morgan fingerprint density at radius 3 is 3.00 bits per heavy atom. The summed E-state index contributed by atoms with van der Waals surface area (Å²) in [6.45, 7) is 1.97. The van der Waals surface area contributed by atoms with Crippen LogP contribution in [0.25, 0.3) is 0 Å². The summed E-state index contributed by atoms with van der Waals surface area (Å²) in [6, 6.07) is 4.63. The fraction of sp³-hybridized carbons (Fsp3) is 0.500. The summed E-state index contributed by atoms with van der Waals surface area (Å²) in [5, 5.41) is 10.7. The monoisotopic (exact) mass is 271 g/mol. The van der Waals surface area contributed by atoms with Gasteiger partial charge in [0.2, 0.25) is 6.79 Å². The number of rotatable bonds is 0. The van der Waals surface area contributed by atoms with Crippen LogP contribution in [0.2, 0.25) is 0 Å². The highest BCUT2D eigenvalue weighted by molar-refractivity contribution is 5.56. The van der Waals surface area contributed by atoms with Gasteiger partial charge in [0.25, 0.3) is 0 Å². The maximum absolute atomic E-state index is 10.7. The van der Waals surface area contributed by atoms with Crippen LogP contribution in [0.1, 0.15) is 24.0 Å². The third-order valence-corrected chi connectivity index (χ3v) is 5.39. The Morgan fingerprint density at radius 1 is 1.25 bits per heavy atom. The summed E-state index contributed by atoms with van der Waals surface area (Å²) < 4.78 is 11.0. The highest BCUT2D eigenvalue weighted by Crippen LogP contribution is 2.53. The molecule has 0 radical (unpaired) electrons. The summed E-state index contributed by atoms with van der Waals surface area (Å²) >= 11 is 0. The van der Waals surface area contributed by atoms with E-state index in [4.69, 9.17) is 9.47 Å². The number of fused-ring (bicyclic) bond motifs is 2. The average molecular weight is 271 g/mol. The number of hydrogen-bond donors (Lipinski definition) is 1. The second-order valence-corrected chi connectivity index (χ2v) is 6.24. The molecule has 0 saturated carbocycles. The van der Waals surface area contributed by atoms with Gasteiger partial charge in [0, 0.05) is 19.1 Å². The lowest BCUT2D eigenvalue weighted by molar-refractivity contribution is 0.130. The van der Waals surface area contributed by atoms with E-state index in [0.29, 0.717) is 12.8 Å². The third-order valence-electron chi connectivity index (χ3n) is 5.39. The van der Waals surface area contributed by atoms with E-state index in [1.54, 1.807) is 0 Å². The van der Waals surface area contributed by atoms with Crippen LogP contribution in [0.15, 0.2) is 24.3 Å². The Balaban J connectivity index is 1.78. The number of nitrogens with zero attached hydrogens (tertiary/aromatic N) is 1. The summed E-state index contributed by atoms with van der Waals surface area (Å²) in [6.07, 6.45) is 6.37. The Kier molecular flexibility index (Phi) is 1.99. The van der Waals surface area contributed by atoms with Gasteiger partial charge in [0.1, 0.15) is 0 Å². The lowest BCUT2D eigenvalue weighted by Crippen LogP contribution is -2.49. The zero-order valence-electron chi connectivity index (χ0n) is 11.2. The molecule has 0 spiro atoms. The van der Waals surface area contributed by atoms with Crippen molar-refractivity contribution >= 4 is 0 Å². The predicted molar refractivity (Wildman–Crippen MR) is 72.8 cm³/mol. The van der Waals surface area contributed by atoms with Crippen molar-refractivity contribution in [3.8, 4) is 11.5 Å². The van der Waals surface area contributed by atoms with Gasteiger partial charge < -0.3 is 14.6 Å². The molecular formula is C16H17NO3. The number of ether oxygens (including phenoxy) is 2. The van der Waals surface area contributed by atoms with Gasteiger partial charge in [-0.15, -0.1) is 0 Å². The van der Waals surface area contributed by atoms with Gasteiger partial charge in [-0.25, -0.2) is 0 Å². The molecule has 4 nitrogen and oxygen atoms in total. The molecule has 3 heterocycles. The van der Waals surface area contributed by atoms with Crippen molar-refractivity contribution in [3.05, 3.63) is 35.4 Å². The maximum atomic E-state index is 10.7. The molecule has 1 fully saturated rings. The van der Waals surface area contributed by atoms with E-state index in [1.807, 2.05) is 0 Å². The Hall–Kier alpha value is -1.52. The van der Waals surface area contributed by atoms with Crippen LogP contribution in [0.5, 0.6) is 11.5 Å².